The van der Waals surface area contributed by atoms with E-state index in [4.69, 9.17) is 5.73 Å². The van der Waals surface area contributed by atoms with Crippen molar-refractivity contribution in [2.75, 3.05) is 0 Å². The number of hydrogen-bond donors (Lipinski definition) is 1. The summed E-state index contributed by atoms with van der Waals surface area (Å²) in [5.74, 6) is -1.15. The Labute approximate surface area is 111 Å². The lowest BCUT2D eigenvalue weighted by Gasteiger charge is -2.10. The summed E-state index contributed by atoms with van der Waals surface area (Å²) in [4.78, 5) is 11.4. The van der Waals surface area contributed by atoms with Gasteiger partial charge >= 0.3 is 0 Å². The van der Waals surface area contributed by atoms with Crippen LogP contribution in [0.3, 0.4) is 0 Å². The SMILES string of the molecule is CCc1cc(CC)n(-c2ccc(F)cc2C(N)=O)n1. The number of halogens is 1. The Hall–Kier alpha value is -2.17. The van der Waals surface area contributed by atoms with Gasteiger partial charge in [0.25, 0.3) is 5.91 Å². The van der Waals surface area contributed by atoms with Crippen molar-refractivity contribution >= 4 is 5.91 Å². The van der Waals surface area contributed by atoms with Crippen LogP contribution in [-0.2, 0) is 12.8 Å². The van der Waals surface area contributed by atoms with E-state index in [0.29, 0.717) is 5.69 Å². The van der Waals surface area contributed by atoms with Crippen molar-refractivity contribution in [2.24, 2.45) is 5.73 Å². The molecule has 0 aliphatic heterocycles. The molecule has 2 rings (SSSR count). The van der Waals surface area contributed by atoms with E-state index in [1.807, 2.05) is 19.9 Å². The first-order chi connectivity index (χ1) is 9.06. The Morgan fingerprint density at radius 3 is 2.63 bits per heavy atom. The maximum atomic E-state index is 13.2. The van der Waals surface area contributed by atoms with Crippen molar-refractivity contribution in [1.82, 2.24) is 9.78 Å². The van der Waals surface area contributed by atoms with E-state index in [1.54, 1.807) is 4.68 Å². The zero-order chi connectivity index (χ0) is 14.0. The molecule has 2 aromatic rings. The van der Waals surface area contributed by atoms with Crippen molar-refractivity contribution in [2.45, 2.75) is 26.7 Å². The lowest BCUT2D eigenvalue weighted by Crippen LogP contribution is -2.16. The molecular formula is C14H16FN3O. The fraction of sp³-hybridized carbons (Fsp3) is 0.286. The number of benzene rings is 1. The molecule has 0 saturated heterocycles. The van der Waals surface area contributed by atoms with Gasteiger partial charge in [-0.15, -0.1) is 0 Å². The van der Waals surface area contributed by atoms with Crippen LogP contribution in [-0.4, -0.2) is 15.7 Å². The summed E-state index contributed by atoms with van der Waals surface area (Å²) in [5.41, 5.74) is 7.85. The van der Waals surface area contributed by atoms with E-state index in [-0.39, 0.29) is 5.56 Å². The van der Waals surface area contributed by atoms with E-state index >= 15 is 0 Å². The molecule has 1 heterocycles. The highest BCUT2D eigenvalue weighted by atomic mass is 19.1. The second-order valence-electron chi connectivity index (χ2n) is 4.27. The molecule has 0 saturated carbocycles. The lowest BCUT2D eigenvalue weighted by molar-refractivity contribution is 0.0999. The predicted molar refractivity (Wildman–Crippen MR) is 70.8 cm³/mol. The minimum Gasteiger partial charge on any atom is -0.366 e. The Bertz CT molecular complexity index is 619. The highest BCUT2D eigenvalue weighted by molar-refractivity contribution is 5.96. The van der Waals surface area contributed by atoms with Gasteiger partial charge in [-0.3, -0.25) is 4.79 Å². The summed E-state index contributed by atoms with van der Waals surface area (Å²) in [7, 11) is 0. The third-order valence-electron chi connectivity index (χ3n) is 3.01. The van der Waals surface area contributed by atoms with Crippen LogP contribution in [0.2, 0.25) is 0 Å². The molecule has 1 aromatic carbocycles. The molecule has 0 unspecified atom stereocenters. The number of aryl methyl sites for hydroxylation is 2. The number of amides is 1. The fourth-order valence-corrected chi connectivity index (χ4v) is 2.00. The Kier molecular flexibility index (Phi) is 3.64. The molecule has 5 heteroatoms. The molecule has 0 radical (unpaired) electrons. The van der Waals surface area contributed by atoms with Crippen LogP contribution in [0, 0.1) is 5.82 Å². The Morgan fingerprint density at radius 2 is 2.05 bits per heavy atom. The summed E-state index contributed by atoms with van der Waals surface area (Å²) < 4.78 is 14.9. The summed E-state index contributed by atoms with van der Waals surface area (Å²) in [6.45, 7) is 4.01. The molecule has 1 aromatic heterocycles. The first-order valence-corrected chi connectivity index (χ1v) is 6.24. The topological polar surface area (TPSA) is 60.9 Å². The van der Waals surface area contributed by atoms with Gasteiger partial charge in [-0.1, -0.05) is 13.8 Å². The highest BCUT2D eigenvalue weighted by Gasteiger charge is 2.15. The number of rotatable bonds is 4. The van der Waals surface area contributed by atoms with Crippen LogP contribution in [0.1, 0.15) is 35.6 Å². The molecule has 0 atom stereocenters. The molecule has 0 bridgehead atoms. The third-order valence-corrected chi connectivity index (χ3v) is 3.01. The Balaban J connectivity index is 2.64. The molecule has 0 fully saturated rings. The van der Waals surface area contributed by atoms with Crippen LogP contribution >= 0.6 is 0 Å². The minimum absolute atomic E-state index is 0.139. The second-order valence-corrected chi connectivity index (χ2v) is 4.27. The van der Waals surface area contributed by atoms with Gasteiger partial charge in [-0.25, -0.2) is 9.07 Å². The number of hydrogen-bond acceptors (Lipinski definition) is 2. The average molecular weight is 261 g/mol. The number of carbonyl (C=O) groups excluding carboxylic acids is 1. The molecule has 4 nitrogen and oxygen atoms in total. The monoisotopic (exact) mass is 261 g/mol. The molecular weight excluding hydrogens is 245 g/mol. The second kappa shape index (κ2) is 5.22. The summed E-state index contributed by atoms with van der Waals surface area (Å²) >= 11 is 0. The normalized spacial score (nSPS) is 10.7. The van der Waals surface area contributed by atoms with Crippen molar-refractivity contribution in [3.05, 3.63) is 47.0 Å². The standard InChI is InChI=1S/C14H16FN3O/c1-3-10-8-11(4-2)18(17-10)13-6-5-9(15)7-12(13)14(16)19/h5-8H,3-4H2,1-2H3,(H2,16,19). The average Bonchev–Trinajstić information content (AvgIpc) is 2.81. The third kappa shape index (κ3) is 2.50. The molecule has 0 aliphatic rings. The number of primary amides is 1. The van der Waals surface area contributed by atoms with Gasteiger partial charge in [0.15, 0.2) is 0 Å². The maximum Gasteiger partial charge on any atom is 0.250 e. The summed E-state index contributed by atoms with van der Waals surface area (Å²) in [5, 5.41) is 4.43. The van der Waals surface area contributed by atoms with Gasteiger partial charge in [-0.05, 0) is 37.1 Å². The fourth-order valence-electron chi connectivity index (χ4n) is 2.00. The van der Waals surface area contributed by atoms with E-state index < -0.39 is 11.7 Å². The maximum absolute atomic E-state index is 13.2. The van der Waals surface area contributed by atoms with Gasteiger partial charge in [0.2, 0.25) is 0 Å². The molecule has 19 heavy (non-hydrogen) atoms. The molecule has 100 valence electrons. The van der Waals surface area contributed by atoms with Crippen molar-refractivity contribution in [3.63, 3.8) is 0 Å². The zero-order valence-corrected chi connectivity index (χ0v) is 11.0. The van der Waals surface area contributed by atoms with Crippen LogP contribution in [0.25, 0.3) is 5.69 Å². The van der Waals surface area contributed by atoms with Crippen LogP contribution in [0.5, 0.6) is 0 Å². The summed E-state index contributed by atoms with van der Waals surface area (Å²) in [6, 6.07) is 5.95. The smallest absolute Gasteiger partial charge is 0.250 e. The first kappa shape index (κ1) is 13.3. The van der Waals surface area contributed by atoms with Gasteiger partial charge < -0.3 is 5.73 Å². The number of nitrogens with two attached hydrogens (primary N) is 1. The van der Waals surface area contributed by atoms with Crippen molar-refractivity contribution < 1.29 is 9.18 Å². The number of aromatic nitrogens is 2. The van der Waals surface area contributed by atoms with E-state index in [1.165, 1.54) is 12.1 Å². The van der Waals surface area contributed by atoms with Gasteiger partial charge in [0.1, 0.15) is 5.82 Å². The first-order valence-electron chi connectivity index (χ1n) is 6.24. The zero-order valence-electron chi connectivity index (χ0n) is 11.0. The largest absolute Gasteiger partial charge is 0.366 e. The lowest BCUT2D eigenvalue weighted by atomic mass is 10.1. The quantitative estimate of drug-likeness (QED) is 0.917. The highest BCUT2D eigenvalue weighted by Crippen LogP contribution is 2.19. The number of nitrogens with zero attached hydrogens (tertiary/aromatic N) is 2. The molecule has 0 spiro atoms. The molecule has 2 N–H and O–H groups in total. The summed E-state index contributed by atoms with van der Waals surface area (Å²) in [6.07, 6.45) is 1.57. The predicted octanol–water partition coefficient (Wildman–Crippen LogP) is 2.24. The van der Waals surface area contributed by atoms with E-state index in [9.17, 15) is 9.18 Å². The molecule has 1 amide bonds. The Morgan fingerprint density at radius 1 is 1.32 bits per heavy atom. The molecule has 0 aliphatic carbocycles. The van der Waals surface area contributed by atoms with Crippen molar-refractivity contribution in [1.29, 1.82) is 0 Å². The van der Waals surface area contributed by atoms with Crippen LogP contribution < -0.4 is 5.73 Å². The van der Waals surface area contributed by atoms with E-state index in [0.717, 1.165) is 30.3 Å². The van der Waals surface area contributed by atoms with Crippen LogP contribution in [0.4, 0.5) is 4.39 Å². The van der Waals surface area contributed by atoms with Gasteiger partial charge in [0.05, 0.1) is 16.9 Å². The minimum atomic E-state index is -0.662. The van der Waals surface area contributed by atoms with Gasteiger partial charge in [-0.2, -0.15) is 5.10 Å². The van der Waals surface area contributed by atoms with Crippen LogP contribution in [0.15, 0.2) is 24.3 Å². The van der Waals surface area contributed by atoms with Crippen molar-refractivity contribution in [3.8, 4) is 5.69 Å². The van der Waals surface area contributed by atoms with E-state index in [2.05, 4.69) is 5.10 Å². The van der Waals surface area contributed by atoms with Gasteiger partial charge in [0, 0.05) is 5.69 Å². The number of carbonyl (C=O) groups is 1.